The molecule has 0 aromatic rings. The molecule has 0 radical (unpaired) electrons. The van der Waals surface area contributed by atoms with Crippen LogP contribution in [0.4, 0.5) is 0 Å². The Morgan fingerprint density at radius 3 is 0.880 bits per heavy atom. The number of aliphatic hydroxyl groups excluding tert-OH is 1. The molecule has 0 bridgehead atoms. The Labute approximate surface area is 830 Å². The summed E-state index contributed by atoms with van der Waals surface area (Å²) in [4.78, 5) is 210. The molecule has 49 nitrogen and oxygen atoms in total. The maximum atomic E-state index is 15.3. The topological polar surface area (TPSA) is 602 Å². The third kappa shape index (κ3) is 48.2. The smallest absolute Gasteiger partial charge is 0.303 e. The molecule has 11 amide bonds. The molecule has 5 fully saturated rings. The van der Waals surface area contributed by atoms with E-state index in [1.54, 1.807) is 6.92 Å². The van der Waals surface area contributed by atoms with Crippen molar-refractivity contribution in [3.63, 3.8) is 0 Å². The normalized spacial score (nSPS) is 26.0. The highest BCUT2D eigenvalue weighted by Crippen LogP contribution is 2.36. The van der Waals surface area contributed by atoms with Crippen molar-refractivity contribution in [1.82, 2.24) is 57.7 Å². The molecule has 4 heterocycles. The summed E-state index contributed by atoms with van der Waals surface area (Å²) in [7, 11) is 0. The summed E-state index contributed by atoms with van der Waals surface area (Å²) in [6.07, 6.45) is -7.96. The fraction of sp³-hybridized carbons (Fsp3) is 0.828. The molecule has 0 spiro atoms. The highest BCUT2D eigenvalue weighted by molar-refractivity contribution is 5.95. The van der Waals surface area contributed by atoms with Gasteiger partial charge in [0.15, 0.2) is 25.2 Å². The van der Waals surface area contributed by atoms with Gasteiger partial charge in [-0.3, -0.25) is 76.7 Å². The van der Waals surface area contributed by atoms with Crippen LogP contribution in [-0.4, -0.2) is 413 Å². The molecular formula is C93H157N11O38. The third-order valence-electron chi connectivity index (χ3n) is 24.5. The van der Waals surface area contributed by atoms with E-state index in [1.165, 1.54) is 62.3 Å². The summed E-state index contributed by atoms with van der Waals surface area (Å²) in [6, 6.07) is -3.97. The molecule has 0 aromatic carbocycles. The van der Waals surface area contributed by atoms with Gasteiger partial charge in [-0.25, -0.2) is 0 Å². The van der Waals surface area contributed by atoms with Crippen LogP contribution in [0.2, 0.25) is 0 Å². The van der Waals surface area contributed by atoms with Crippen LogP contribution >= 0.6 is 0 Å². The van der Waals surface area contributed by atoms with Gasteiger partial charge in [0.25, 0.3) is 0 Å². The number of nitrogens with one attached hydrogen (secondary N) is 9. The lowest BCUT2D eigenvalue weighted by Crippen LogP contribution is -2.62. The highest BCUT2D eigenvalue weighted by atomic mass is 16.7. The Bertz CT molecular complexity index is 3770. The van der Waals surface area contributed by atoms with Crippen molar-refractivity contribution in [1.29, 1.82) is 0 Å². The average Bonchev–Trinajstić information content (AvgIpc) is 0.795. The number of ether oxygens (including phenoxy) is 21. The van der Waals surface area contributed by atoms with E-state index >= 15 is 4.79 Å². The second kappa shape index (κ2) is 68.3. The monoisotopic (exact) mass is 2040 g/mol. The van der Waals surface area contributed by atoms with Gasteiger partial charge in [-0.1, -0.05) is 48.5 Å². The molecule has 0 aromatic heterocycles. The first-order chi connectivity index (χ1) is 67.6. The third-order valence-corrected chi connectivity index (χ3v) is 24.5. The summed E-state index contributed by atoms with van der Waals surface area (Å²) >= 11 is 0. The van der Waals surface area contributed by atoms with E-state index < -0.39 is 220 Å². The number of nitrogens with zero attached hydrogens (tertiary/aromatic N) is 2. The Balaban J connectivity index is 1.27. The van der Waals surface area contributed by atoms with Crippen LogP contribution in [0.1, 0.15) is 149 Å². The Morgan fingerprint density at radius 2 is 0.592 bits per heavy atom. The van der Waals surface area contributed by atoms with Gasteiger partial charge in [-0.15, -0.1) is 0 Å². The van der Waals surface area contributed by atoms with Gasteiger partial charge in [-0.05, 0) is 67.6 Å². The molecule has 142 heavy (non-hydrogen) atoms. The molecule has 10 N–H and O–H groups in total. The number of amides is 11. The Kier molecular flexibility index (Phi) is 59.3. The molecule has 4 saturated heterocycles. The predicted octanol–water partition coefficient (Wildman–Crippen LogP) is -2.32. The van der Waals surface area contributed by atoms with Crippen LogP contribution in [0.5, 0.6) is 0 Å². The predicted molar refractivity (Wildman–Crippen MR) is 496 cm³/mol. The van der Waals surface area contributed by atoms with Crippen LogP contribution in [0.15, 0.2) is 0 Å². The quantitative estimate of drug-likeness (QED) is 0.0174. The van der Waals surface area contributed by atoms with Crippen LogP contribution in [0, 0.1) is 47.3 Å². The van der Waals surface area contributed by atoms with Gasteiger partial charge < -0.3 is 162 Å². The summed E-state index contributed by atoms with van der Waals surface area (Å²) in [5.74, 6) is -11.4. The van der Waals surface area contributed by atoms with Crippen molar-refractivity contribution in [3.8, 4) is 0 Å². The fourth-order valence-corrected chi connectivity index (χ4v) is 16.3. The van der Waals surface area contributed by atoms with E-state index in [1.807, 2.05) is 41.5 Å². The van der Waals surface area contributed by atoms with Crippen molar-refractivity contribution in [2.45, 2.75) is 241 Å². The van der Waals surface area contributed by atoms with Crippen molar-refractivity contribution >= 4 is 94.8 Å². The molecule has 1 saturated carbocycles. The highest BCUT2D eigenvalue weighted by Gasteiger charge is 2.50. The van der Waals surface area contributed by atoms with Gasteiger partial charge in [-0.2, -0.15) is 0 Å². The average molecular weight is 2040 g/mol. The fourth-order valence-electron chi connectivity index (χ4n) is 16.3. The zero-order valence-electron chi connectivity index (χ0n) is 85.1. The Hall–Kier alpha value is -9.16. The molecule has 21 unspecified atom stereocenters. The number of aliphatic hydroxyl groups is 1. The summed E-state index contributed by atoms with van der Waals surface area (Å²) in [5.41, 5.74) is 0. The van der Waals surface area contributed by atoms with E-state index in [2.05, 4.69) is 47.9 Å². The minimum absolute atomic E-state index is 0.00544. The first kappa shape index (κ1) is 123. The zero-order chi connectivity index (χ0) is 105. The van der Waals surface area contributed by atoms with E-state index in [9.17, 15) is 77.0 Å². The van der Waals surface area contributed by atoms with Gasteiger partial charge in [0.1, 0.15) is 70.9 Å². The Morgan fingerprint density at radius 1 is 0.324 bits per heavy atom. The van der Waals surface area contributed by atoms with E-state index in [0.29, 0.717) is 0 Å². The molecule has 1 aliphatic carbocycles. The van der Waals surface area contributed by atoms with E-state index in [-0.39, 0.29) is 264 Å². The second-order valence-electron chi connectivity index (χ2n) is 35.7. The number of esters is 5. The van der Waals surface area contributed by atoms with Crippen LogP contribution in [0.25, 0.3) is 0 Å². The molecule has 21 atom stereocenters. The standard InChI is InChI=1S/C93H157N11O38/c1-55-58(4)83(98-62(8)105)90(139-74(55)51-134-66(12)109)130-43-39-126-35-31-122-27-23-94-78(115)47-103(48-79(116)95-24-28-123-32-38-129-42-46-133-93-86(101-65(11)108)61(7)87(138-70(16)113)77(142-93)54-137-69(15)112)82(119)22-21-73(102-88(120)71-17-19-72(114)20-18-71)89(121)104(49-80(117)96-25-29-124-33-36-127-40-44-131-91-84(99-63(9)106)59(5)56(2)75(140-91)52-135-67(13)110)50-81(118)97-26-30-125-34-37-128-41-45-132-92-85(100-64(10)107)60(6)57(3)76(141-92)53-136-68(14)111/h55-61,71-77,83-87,90-93,114H,17-54H2,1-16H3,(H,94,115)(H,95,116)(H,96,117)(H,97,118)(H,98,105)(H,99,106)(H,100,107)(H,101,108)(H,102,120). The maximum Gasteiger partial charge on any atom is 0.303 e. The minimum atomic E-state index is -1.64. The van der Waals surface area contributed by atoms with Gasteiger partial charge >= 0.3 is 29.8 Å². The lowest BCUT2D eigenvalue weighted by molar-refractivity contribution is -0.264. The maximum absolute atomic E-state index is 15.3. The lowest BCUT2D eigenvalue weighted by Gasteiger charge is -2.44. The zero-order valence-corrected chi connectivity index (χ0v) is 85.1. The van der Waals surface area contributed by atoms with Gasteiger partial charge in [0, 0.05) is 107 Å². The first-order valence-electron chi connectivity index (χ1n) is 48.8. The van der Waals surface area contributed by atoms with Crippen molar-refractivity contribution in [3.05, 3.63) is 0 Å². The molecule has 812 valence electrons. The largest absolute Gasteiger partial charge is 0.463 e. The van der Waals surface area contributed by atoms with Crippen molar-refractivity contribution < 1.29 is 181 Å². The van der Waals surface area contributed by atoms with Crippen LogP contribution in [0.3, 0.4) is 0 Å². The number of carbonyl (C=O) groups is 16. The molecule has 5 aliphatic rings. The lowest BCUT2D eigenvalue weighted by atomic mass is 9.82. The number of hydrogen-bond acceptors (Lipinski definition) is 38. The SMILES string of the molecule is CC(=O)NC1C(OCCOCCOCCNC(=O)CN(CC(=O)NCCOCCOCCOC2OC(COC(C)=O)C(OC(C)=O)C(C)C2NC(C)=O)C(=O)CCC(NC(=O)C2CCC(O)CC2)C(=O)N(CC(=O)NCCOCCOCCOC2OC(COC(C)=O)C(C)C(C)C2NC(C)=O)CC(=O)NCCOCCOCCOC2OC(COC(C)=O)C(C)C(C)C2NC(C)=O)OC(COC(C)=O)C(C)C1C. The number of carbonyl (C=O) groups excluding carboxylic acids is 16. The summed E-state index contributed by atoms with van der Waals surface area (Å²) in [5, 5.41) is 35.3. The van der Waals surface area contributed by atoms with Gasteiger partial charge in [0.05, 0.1) is 181 Å². The van der Waals surface area contributed by atoms with Crippen molar-refractivity contribution in [2.75, 3.05) is 211 Å². The molecule has 4 aliphatic heterocycles. The van der Waals surface area contributed by atoms with Crippen LogP contribution in [-0.2, 0) is 176 Å². The molecular weight excluding hydrogens is 1880 g/mol. The van der Waals surface area contributed by atoms with Gasteiger partial charge in [0.2, 0.25) is 65.0 Å². The minimum Gasteiger partial charge on any atom is -0.463 e. The van der Waals surface area contributed by atoms with E-state index in [0.717, 1.165) is 9.80 Å². The van der Waals surface area contributed by atoms with Crippen LogP contribution < -0.4 is 47.9 Å². The first-order valence-corrected chi connectivity index (χ1v) is 48.8. The number of rotatable bonds is 67. The van der Waals surface area contributed by atoms with Crippen molar-refractivity contribution in [2.24, 2.45) is 47.3 Å². The molecule has 49 heteroatoms. The summed E-state index contributed by atoms with van der Waals surface area (Å²) < 4.78 is 121. The van der Waals surface area contributed by atoms with E-state index in [4.69, 9.17) is 99.5 Å². The molecule has 5 rings (SSSR count). The summed E-state index contributed by atoms with van der Waals surface area (Å²) in [6.45, 7) is 22.0. The number of hydrogen-bond donors (Lipinski definition) is 10. The second-order valence-corrected chi connectivity index (χ2v) is 35.7.